The number of carboxylic acids is 1. The third-order valence-corrected chi connectivity index (χ3v) is 5.02. The van der Waals surface area contributed by atoms with E-state index in [1.54, 1.807) is 17.0 Å². The number of carbonyl (C=O) groups is 2. The minimum Gasteiger partial charge on any atom is -0.480 e. The van der Waals surface area contributed by atoms with Gasteiger partial charge in [-0.3, -0.25) is 4.79 Å². The standard InChI is InChI=1S/C16H18ClNO3/c1-10-6-9-18(13(10)14(19)20)15(21)16(7-8-16)11-2-4-12(17)5-3-11/h2-5,10,13H,6-9H2,1H3,(H,19,20). The normalized spacial score (nSPS) is 26.7. The molecular weight excluding hydrogens is 290 g/mol. The summed E-state index contributed by atoms with van der Waals surface area (Å²) in [6.07, 6.45) is 2.31. The van der Waals surface area contributed by atoms with Gasteiger partial charge < -0.3 is 10.0 Å². The highest BCUT2D eigenvalue weighted by atomic mass is 35.5. The Balaban J connectivity index is 1.88. The maximum absolute atomic E-state index is 12.9. The van der Waals surface area contributed by atoms with Gasteiger partial charge >= 0.3 is 5.97 Å². The number of rotatable bonds is 3. The minimum atomic E-state index is -0.903. The number of hydrogen-bond acceptors (Lipinski definition) is 2. The van der Waals surface area contributed by atoms with Gasteiger partial charge in [0.1, 0.15) is 6.04 Å². The smallest absolute Gasteiger partial charge is 0.326 e. The SMILES string of the molecule is CC1CCN(C(=O)C2(c3ccc(Cl)cc3)CC2)C1C(=O)O. The van der Waals surface area contributed by atoms with Crippen molar-refractivity contribution in [3.8, 4) is 0 Å². The second kappa shape index (κ2) is 5.02. The number of benzene rings is 1. The van der Waals surface area contributed by atoms with E-state index in [2.05, 4.69) is 0 Å². The summed E-state index contributed by atoms with van der Waals surface area (Å²) in [4.78, 5) is 25.9. The van der Waals surface area contributed by atoms with E-state index in [4.69, 9.17) is 11.6 Å². The lowest BCUT2D eigenvalue weighted by molar-refractivity contribution is -0.150. The Morgan fingerprint density at radius 1 is 1.29 bits per heavy atom. The molecule has 1 N–H and O–H groups in total. The monoisotopic (exact) mass is 307 g/mol. The van der Waals surface area contributed by atoms with E-state index in [-0.39, 0.29) is 11.8 Å². The van der Waals surface area contributed by atoms with E-state index in [1.165, 1.54) is 0 Å². The molecule has 21 heavy (non-hydrogen) atoms. The third kappa shape index (κ3) is 2.31. The molecule has 0 spiro atoms. The first-order valence-corrected chi connectivity index (χ1v) is 7.63. The highest BCUT2D eigenvalue weighted by Gasteiger charge is 2.56. The number of aliphatic carboxylic acids is 1. The van der Waals surface area contributed by atoms with Crippen molar-refractivity contribution in [2.45, 2.75) is 37.6 Å². The molecule has 112 valence electrons. The van der Waals surface area contributed by atoms with Crippen molar-refractivity contribution in [3.63, 3.8) is 0 Å². The van der Waals surface area contributed by atoms with Crippen LogP contribution in [0, 0.1) is 5.92 Å². The summed E-state index contributed by atoms with van der Waals surface area (Å²) in [6.45, 7) is 2.43. The zero-order valence-electron chi connectivity index (χ0n) is 11.9. The van der Waals surface area contributed by atoms with Crippen LogP contribution >= 0.6 is 11.6 Å². The lowest BCUT2D eigenvalue weighted by Crippen LogP contribution is -2.47. The quantitative estimate of drug-likeness (QED) is 0.934. The van der Waals surface area contributed by atoms with Crippen LogP contribution in [0.3, 0.4) is 0 Å². The van der Waals surface area contributed by atoms with Crippen LogP contribution in [0.25, 0.3) is 0 Å². The van der Waals surface area contributed by atoms with E-state index >= 15 is 0 Å². The van der Waals surface area contributed by atoms with Crippen LogP contribution in [-0.2, 0) is 15.0 Å². The molecule has 1 aliphatic heterocycles. The van der Waals surface area contributed by atoms with Crippen molar-refractivity contribution in [1.29, 1.82) is 0 Å². The Morgan fingerprint density at radius 3 is 2.43 bits per heavy atom. The maximum Gasteiger partial charge on any atom is 0.326 e. The Bertz CT molecular complexity index is 580. The summed E-state index contributed by atoms with van der Waals surface area (Å²) >= 11 is 5.90. The van der Waals surface area contributed by atoms with Crippen LogP contribution in [0.4, 0.5) is 0 Å². The molecule has 2 fully saturated rings. The van der Waals surface area contributed by atoms with E-state index < -0.39 is 17.4 Å². The molecule has 1 aliphatic carbocycles. The summed E-state index contributed by atoms with van der Waals surface area (Å²) in [5.74, 6) is -0.936. The van der Waals surface area contributed by atoms with Gasteiger partial charge in [0.15, 0.2) is 0 Å². The summed E-state index contributed by atoms with van der Waals surface area (Å²) in [5, 5.41) is 10.0. The number of carbonyl (C=O) groups excluding carboxylic acids is 1. The van der Waals surface area contributed by atoms with Crippen LogP contribution in [0.15, 0.2) is 24.3 Å². The Kier molecular flexibility index (Phi) is 3.44. The molecule has 5 heteroatoms. The van der Waals surface area contributed by atoms with Gasteiger partial charge in [-0.1, -0.05) is 30.7 Å². The fourth-order valence-electron chi connectivity index (χ4n) is 3.35. The Hall–Kier alpha value is -1.55. The van der Waals surface area contributed by atoms with E-state index in [9.17, 15) is 14.7 Å². The number of nitrogens with zero attached hydrogens (tertiary/aromatic N) is 1. The summed E-state index contributed by atoms with van der Waals surface area (Å²) in [7, 11) is 0. The summed E-state index contributed by atoms with van der Waals surface area (Å²) in [5.41, 5.74) is 0.420. The first-order valence-electron chi connectivity index (χ1n) is 7.25. The second-order valence-corrected chi connectivity index (χ2v) is 6.57. The largest absolute Gasteiger partial charge is 0.480 e. The van der Waals surface area contributed by atoms with Crippen LogP contribution in [0.2, 0.25) is 5.02 Å². The van der Waals surface area contributed by atoms with Crippen molar-refractivity contribution in [2.24, 2.45) is 5.92 Å². The van der Waals surface area contributed by atoms with Crippen LogP contribution in [0.5, 0.6) is 0 Å². The molecule has 1 heterocycles. The van der Waals surface area contributed by atoms with Crippen molar-refractivity contribution >= 4 is 23.5 Å². The van der Waals surface area contributed by atoms with Gasteiger partial charge in [0.2, 0.25) is 5.91 Å². The van der Waals surface area contributed by atoms with E-state index in [0.29, 0.717) is 11.6 Å². The molecular formula is C16H18ClNO3. The molecule has 2 unspecified atom stereocenters. The maximum atomic E-state index is 12.9. The second-order valence-electron chi connectivity index (χ2n) is 6.14. The highest BCUT2D eigenvalue weighted by molar-refractivity contribution is 6.30. The molecule has 4 nitrogen and oxygen atoms in total. The molecule has 0 radical (unpaired) electrons. The van der Waals surface area contributed by atoms with Crippen molar-refractivity contribution in [1.82, 2.24) is 4.90 Å². The van der Waals surface area contributed by atoms with Gasteiger partial charge in [-0.05, 0) is 42.9 Å². The molecule has 2 atom stereocenters. The molecule has 0 bridgehead atoms. The van der Waals surface area contributed by atoms with Gasteiger partial charge in [-0.15, -0.1) is 0 Å². The Morgan fingerprint density at radius 2 is 1.90 bits per heavy atom. The lowest BCUT2D eigenvalue weighted by atomic mass is 9.93. The number of hydrogen-bond donors (Lipinski definition) is 1. The molecule has 1 amide bonds. The number of carboxylic acid groups (broad SMARTS) is 1. The van der Waals surface area contributed by atoms with Gasteiger partial charge in [-0.25, -0.2) is 4.79 Å². The van der Waals surface area contributed by atoms with Crippen LogP contribution < -0.4 is 0 Å². The van der Waals surface area contributed by atoms with E-state index in [0.717, 1.165) is 24.8 Å². The zero-order chi connectivity index (χ0) is 15.2. The van der Waals surface area contributed by atoms with Gasteiger partial charge in [0, 0.05) is 11.6 Å². The van der Waals surface area contributed by atoms with Crippen LogP contribution in [0.1, 0.15) is 31.7 Å². The fourth-order valence-corrected chi connectivity index (χ4v) is 3.47. The molecule has 2 aliphatic rings. The molecule has 0 aromatic heterocycles. The highest BCUT2D eigenvalue weighted by Crippen LogP contribution is 2.50. The van der Waals surface area contributed by atoms with Gasteiger partial charge in [-0.2, -0.15) is 0 Å². The van der Waals surface area contributed by atoms with E-state index in [1.807, 2.05) is 19.1 Å². The third-order valence-electron chi connectivity index (χ3n) is 4.77. The van der Waals surface area contributed by atoms with Gasteiger partial charge in [0.25, 0.3) is 0 Å². The molecule has 1 saturated carbocycles. The number of amides is 1. The molecule has 1 saturated heterocycles. The predicted octanol–water partition coefficient (Wildman–Crippen LogP) is 2.69. The van der Waals surface area contributed by atoms with Crippen molar-refractivity contribution in [3.05, 3.63) is 34.9 Å². The van der Waals surface area contributed by atoms with Crippen molar-refractivity contribution in [2.75, 3.05) is 6.54 Å². The predicted molar refractivity (Wildman–Crippen MR) is 79.3 cm³/mol. The number of likely N-dealkylation sites (tertiary alicyclic amines) is 1. The average molecular weight is 308 g/mol. The number of halogens is 1. The fraction of sp³-hybridized carbons (Fsp3) is 0.500. The summed E-state index contributed by atoms with van der Waals surface area (Å²) < 4.78 is 0. The zero-order valence-corrected chi connectivity index (χ0v) is 12.6. The van der Waals surface area contributed by atoms with Gasteiger partial charge in [0.05, 0.1) is 5.41 Å². The lowest BCUT2D eigenvalue weighted by Gasteiger charge is -2.28. The molecule has 1 aromatic carbocycles. The average Bonchev–Trinajstić information content (AvgIpc) is 3.16. The molecule has 1 aromatic rings. The Labute approximate surface area is 128 Å². The van der Waals surface area contributed by atoms with Crippen molar-refractivity contribution < 1.29 is 14.7 Å². The first-order chi connectivity index (χ1) is 9.95. The topological polar surface area (TPSA) is 57.6 Å². The van der Waals surface area contributed by atoms with Crippen LogP contribution in [-0.4, -0.2) is 34.5 Å². The molecule has 3 rings (SSSR count). The minimum absolute atomic E-state index is 0.00691. The first kappa shape index (κ1) is 14.4. The summed E-state index contributed by atoms with van der Waals surface area (Å²) in [6, 6.07) is 6.63.